The molecule has 0 aliphatic carbocycles. The van der Waals surface area contributed by atoms with Crippen LogP contribution in [0.1, 0.15) is 103 Å². The molecule has 0 aromatic heterocycles. The predicted octanol–water partition coefficient (Wildman–Crippen LogP) is 10.1. The minimum Gasteiger partial charge on any atom is -0.452 e. The van der Waals surface area contributed by atoms with Gasteiger partial charge in [-0.1, -0.05) is 93.2 Å². The van der Waals surface area contributed by atoms with Crippen molar-refractivity contribution in [1.29, 1.82) is 0 Å². The molecule has 55 heavy (non-hydrogen) atoms. The lowest BCUT2D eigenvalue weighted by molar-refractivity contribution is -0.221. The van der Waals surface area contributed by atoms with Crippen LogP contribution in [0.5, 0.6) is 5.75 Å². The highest BCUT2D eigenvalue weighted by Gasteiger charge is 2.40. The largest absolute Gasteiger partial charge is 0.452 e. The van der Waals surface area contributed by atoms with Crippen molar-refractivity contribution >= 4 is 20.4 Å². The number of esters is 1. The molecule has 1 saturated heterocycles. The molecule has 6 atom stereocenters. The summed E-state index contributed by atoms with van der Waals surface area (Å²) in [5, 5.41) is 0.0787. The van der Waals surface area contributed by atoms with E-state index in [1.54, 1.807) is 34.1 Å². The average Bonchev–Trinajstić information content (AvgIpc) is 3.07. The number of ether oxygens (including phenoxy) is 8. The van der Waals surface area contributed by atoms with Crippen molar-refractivity contribution in [2.75, 3.05) is 27.8 Å². The number of fused-ring (bicyclic) bond motifs is 1. The Hall–Kier alpha value is -2.87. The van der Waals surface area contributed by atoms with E-state index in [-0.39, 0.29) is 61.4 Å². The molecule has 10 nitrogen and oxygen atoms in total. The standard InChI is InChI=1S/C44H68O10Si/c1-32(20-16-14-13-15-17-21-35-22-18-25-40-41(35)42(45)53-44(7,8)52-40)26-38-29-37(50-34(3)51-38)24-19-23-36(49-31-47-10)28-39(27-33(2)48-30-46-9)54-55(11,12)43(4,5)6/h13-22,24-25,33-34,36-39H,23,26-31H2,1-12H3/b15-13+,16-14+,21-17+,24-19+,32-20+/t33-,34-,36+,37-,38+,39+/m1/s1. The highest BCUT2D eigenvalue weighted by Crippen LogP contribution is 2.39. The highest BCUT2D eigenvalue weighted by molar-refractivity contribution is 6.74. The Bertz CT molecular complexity index is 1490. The highest BCUT2D eigenvalue weighted by atomic mass is 28.4. The van der Waals surface area contributed by atoms with Gasteiger partial charge < -0.3 is 42.3 Å². The van der Waals surface area contributed by atoms with Gasteiger partial charge in [-0.2, -0.15) is 0 Å². The van der Waals surface area contributed by atoms with Crippen LogP contribution in [0.2, 0.25) is 18.1 Å². The second kappa shape index (κ2) is 22.2. The summed E-state index contributed by atoms with van der Waals surface area (Å²) in [6.45, 7) is 21.4. The second-order valence-electron chi connectivity index (χ2n) is 16.4. The predicted molar refractivity (Wildman–Crippen MR) is 220 cm³/mol. The summed E-state index contributed by atoms with van der Waals surface area (Å²) >= 11 is 0. The molecule has 0 unspecified atom stereocenters. The lowest BCUT2D eigenvalue weighted by Gasteiger charge is -2.40. The van der Waals surface area contributed by atoms with Gasteiger partial charge >= 0.3 is 5.97 Å². The van der Waals surface area contributed by atoms with E-state index in [0.717, 1.165) is 31.2 Å². The van der Waals surface area contributed by atoms with Crippen LogP contribution in [0.15, 0.2) is 72.4 Å². The molecule has 11 heteroatoms. The zero-order valence-electron chi connectivity index (χ0n) is 35.4. The van der Waals surface area contributed by atoms with Crippen LogP contribution in [-0.4, -0.2) is 84.7 Å². The fraction of sp³-hybridized carbons (Fsp3) is 0.614. The van der Waals surface area contributed by atoms with Gasteiger partial charge in [-0.05, 0) is 76.2 Å². The van der Waals surface area contributed by atoms with Crippen molar-refractivity contribution in [3.05, 3.63) is 83.5 Å². The number of hydrogen-bond acceptors (Lipinski definition) is 10. The molecule has 0 bridgehead atoms. The van der Waals surface area contributed by atoms with Gasteiger partial charge in [-0.15, -0.1) is 0 Å². The molecule has 3 rings (SSSR count). The third-order valence-electron chi connectivity index (χ3n) is 9.88. The number of carbonyl (C=O) groups excluding carboxylic acids is 1. The molecule has 0 spiro atoms. The number of benzene rings is 1. The maximum Gasteiger partial charge on any atom is 0.345 e. The fourth-order valence-corrected chi connectivity index (χ4v) is 7.58. The van der Waals surface area contributed by atoms with Gasteiger partial charge in [0.05, 0.1) is 24.4 Å². The zero-order valence-corrected chi connectivity index (χ0v) is 36.4. The maximum atomic E-state index is 12.6. The first-order valence-corrected chi connectivity index (χ1v) is 22.4. The average molecular weight is 785 g/mol. The Balaban J connectivity index is 1.56. The van der Waals surface area contributed by atoms with Crippen molar-refractivity contribution < 1.29 is 47.1 Å². The van der Waals surface area contributed by atoms with E-state index in [0.29, 0.717) is 17.7 Å². The van der Waals surface area contributed by atoms with Crippen molar-refractivity contribution in [3.63, 3.8) is 0 Å². The van der Waals surface area contributed by atoms with E-state index in [1.165, 1.54) is 5.57 Å². The quantitative estimate of drug-likeness (QED) is 0.0394. The van der Waals surface area contributed by atoms with Gasteiger partial charge in [0.1, 0.15) is 24.9 Å². The van der Waals surface area contributed by atoms with Crippen LogP contribution in [0.4, 0.5) is 0 Å². The molecule has 1 aromatic carbocycles. The summed E-state index contributed by atoms with van der Waals surface area (Å²) in [5.41, 5.74) is 2.40. The van der Waals surface area contributed by atoms with Crippen molar-refractivity contribution in [2.24, 2.45) is 0 Å². The molecule has 1 fully saturated rings. The number of allylic oxidation sites excluding steroid dienone is 6. The van der Waals surface area contributed by atoms with E-state index in [9.17, 15) is 4.79 Å². The molecule has 0 saturated carbocycles. The Morgan fingerprint density at radius 2 is 1.65 bits per heavy atom. The van der Waals surface area contributed by atoms with Crippen LogP contribution in [0.3, 0.4) is 0 Å². The minimum absolute atomic E-state index is 0.0195. The Morgan fingerprint density at radius 3 is 2.36 bits per heavy atom. The molecule has 0 amide bonds. The van der Waals surface area contributed by atoms with E-state index in [2.05, 4.69) is 65.9 Å². The summed E-state index contributed by atoms with van der Waals surface area (Å²) in [5.74, 6) is -0.834. The molecule has 2 aliphatic heterocycles. The van der Waals surface area contributed by atoms with E-state index in [4.69, 9.17) is 42.3 Å². The maximum absolute atomic E-state index is 12.6. The first-order chi connectivity index (χ1) is 25.9. The van der Waals surface area contributed by atoms with Gasteiger partial charge in [-0.25, -0.2) is 4.79 Å². The number of carbonyl (C=O) groups is 1. The number of cyclic esters (lactones) is 1. The summed E-state index contributed by atoms with van der Waals surface area (Å²) in [6, 6.07) is 5.52. The van der Waals surface area contributed by atoms with Gasteiger partial charge in [0.25, 0.3) is 0 Å². The van der Waals surface area contributed by atoms with Crippen molar-refractivity contribution in [1.82, 2.24) is 0 Å². The summed E-state index contributed by atoms with van der Waals surface area (Å²) < 4.78 is 52.9. The van der Waals surface area contributed by atoms with Crippen LogP contribution in [0, 0.1) is 0 Å². The first kappa shape index (κ1) is 46.5. The lowest BCUT2D eigenvalue weighted by atomic mass is 10.0. The number of methoxy groups -OCH3 is 2. The minimum atomic E-state index is -2.05. The fourth-order valence-electron chi connectivity index (χ4n) is 6.20. The molecule has 0 radical (unpaired) electrons. The first-order valence-electron chi connectivity index (χ1n) is 19.5. The molecule has 308 valence electrons. The Morgan fingerprint density at radius 1 is 0.964 bits per heavy atom. The molecular weight excluding hydrogens is 717 g/mol. The third kappa shape index (κ3) is 16.3. The van der Waals surface area contributed by atoms with Crippen LogP contribution in [-0.2, 0) is 37.6 Å². The molecule has 0 N–H and O–H groups in total. The molecular formula is C44H68O10Si. The normalized spacial score (nSPS) is 22.7. The monoisotopic (exact) mass is 784 g/mol. The van der Waals surface area contributed by atoms with Gasteiger partial charge in [0.15, 0.2) is 14.6 Å². The summed E-state index contributed by atoms with van der Waals surface area (Å²) in [4.78, 5) is 12.6. The SMILES string of the molecule is COCO[C@@H](C/C=C/[C@@H]1C[C@H](C/C(C)=C/C=C/C=C/C=C/c2cccc3c2C(=O)OC(C)(C)O3)O[C@H](C)O1)C[C@H](C[C@@H](C)OCOC)O[Si](C)(C)C(C)(C)C. The second-order valence-corrected chi connectivity index (χ2v) is 21.2. The lowest BCUT2D eigenvalue weighted by Crippen LogP contribution is -2.45. The van der Waals surface area contributed by atoms with Crippen molar-refractivity contribution in [2.45, 2.75) is 148 Å². The van der Waals surface area contributed by atoms with Crippen molar-refractivity contribution in [3.8, 4) is 5.75 Å². The van der Waals surface area contributed by atoms with Crippen LogP contribution < -0.4 is 4.74 Å². The Kier molecular flexibility index (Phi) is 18.7. The molecule has 1 aromatic rings. The Labute approximate surface area is 332 Å². The topological polar surface area (TPSA) is 100 Å². The van der Waals surface area contributed by atoms with E-state index < -0.39 is 14.1 Å². The third-order valence-corrected chi connectivity index (χ3v) is 14.4. The van der Waals surface area contributed by atoms with E-state index >= 15 is 0 Å². The van der Waals surface area contributed by atoms with Gasteiger partial charge in [-0.3, -0.25) is 0 Å². The van der Waals surface area contributed by atoms with Gasteiger partial charge in [0, 0.05) is 40.6 Å². The van der Waals surface area contributed by atoms with Crippen LogP contribution >= 0.6 is 0 Å². The molecule has 2 aliphatic rings. The summed E-state index contributed by atoms with van der Waals surface area (Å²) in [6.07, 6.45) is 21.3. The smallest absolute Gasteiger partial charge is 0.345 e. The summed E-state index contributed by atoms with van der Waals surface area (Å²) in [7, 11) is 1.23. The van der Waals surface area contributed by atoms with E-state index in [1.807, 2.05) is 55.5 Å². The van der Waals surface area contributed by atoms with Gasteiger partial charge in [0.2, 0.25) is 5.79 Å². The number of rotatable bonds is 21. The van der Waals surface area contributed by atoms with Crippen LogP contribution in [0.25, 0.3) is 6.08 Å². The zero-order chi connectivity index (χ0) is 40.6. The number of hydrogen-bond donors (Lipinski definition) is 0. The molecule has 2 heterocycles.